The molecule has 0 radical (unpaired) electrons. The number of piperidine rings is 1. The van der Waals surface area contributed by atoms with Crippen molar-refractivity contribution in [1.29, 1.82) is 0 Å². The van der Waals surface area contributed by atoms with Crippen molar-refractivity contribution in [2.75, 3.05) is 25.5 Å². The van der Waals surface area contributed by atoms with Gasteiger partial charge in [-0.15, -0.1) is 11.8 Å². The van der Waals surface area contributed by atoms with Crippen molar-refractivity contribution < 1.29 is 18.0 Å². The smallest absolute Gasteiger partial charge is 0.247 e. The van der Waals surface area contributed by atoms with Crippen LogP contribution in [0.15, 0.2) is 58.3 Å². The number of anilines is 1. The molecule has 2 aliphatic rings. The van der Waals surface area contributed by atoms with Gasteiger partial charge in [0.2, 0.25) is 21.8 Å². The molecule has 1 unspecified atom stereocenters. The number of hydrogen-bond acceptors (Lipinski definition) is 5. The normalized spacial score (nSPS) is 19.5. The molecule has 0 saturated carbocycles. The van der Waals surface area contributed by atoms with Gasteiger partial charge in [0, 0.05) is 31.6 Å². The number of amides is 2. The standard InChI is InChI=1S/C23H27N3O4S2/c1-16-10-12-26(13-11-16)23(28)21-22(27)24-19-14-18(8-9-20(19)31-21)32(29,30)25(2)15-17-6-4-3-5-7-17/h3-9,14,16,21H,10-13,15H2,1-2H3,(H,24,27). The molecule has 1 saturated heterocycles. The van der Waals surface area contributed by atoms with Crippen molar-refractivity contribution in [3.8, 4) is 0 Å². The summed E-state index contributed by atoms with van der Waals surface area (Å²) in [5.41, 5.74) is 1.30. The van der Waals surface area contributed by atoms with Crippen LogP contribution in [0.2, 0.25) is 0 Å². The van der Waals surface area contributed by atoms with Crippen molar-refractivity contribution in [3.05, 3.63) is 54.1 Å². The maximum atomic E-state index is 13.1. The van der Waals surface area contributed by atoms with Crippen LogP contribution in [-0.4, -0.2) is 54.8 Å². The van der Waals surface area contributed by atoms with Gasteiger partial charge in [0.1, 0.15) is 0 Å². The Balaban J connectivity index is 1.50. The number of nitrogens with zero attached hydrogens (tertiary/aromatic N) is 2. The Morgan fingerprint density at radius 3 is 2.53 bits per heavy atom. The van der Waals surface area contributed by atoms with Gasteiger partial charge in [-0.05, 0) is 42.5 Å². The lowest BCUT2D eigenvalue weighted by molar-refractivity contribution is -0.135. The number of thioether (sulfide) groups is 1. The van der Waals surface area contributed by atoms with Gasteiger partial charge in [-0.25, -0.2) is 8.42 Å². The van der Waals surface area contributed by atoms with E-state index in [2.05, 4.69) is 12.2 Å². The van der Waals surface area contributed by atoms with Crippen LogP contribution in [0.1, 0.15) is 25.3 Å². The summed E-state index contributed by atoms with van der Waals surface area (Å²) in [6, 6.07) is 14.0. The molecule has 1 fully saturated rings. The van der Waals surface area contributed by atoms with Crippen LogP contribution >= 0.6 is 11.8 Å². The minimum absolute atomic E-state index is 0.102. The van der Waals surface area contributed by atoms with Crippen LogP contribution in [0.3, 0.4) is 0 Å². The number of sulfonamides is 1. The summed E-state index contributed by atoms with van der Waals surface area (Å²) >= 11 is 1.19. The molecule has 7 nitrogen and oxygen atoms in total. The second kappa shape index (κ2) is 9.25. The Bertz CT molecular complexity index is 1110. The Labute approximate surface area is 193 Å². The number of likely N-dealkylation sites (tertiary alicyclic amines) is 1. The Morgan fingerprint density at radius 2 is 1.84 bits per heavy atom. The average molecular weight is 474 g/mol. The molecule has 32 heavy (non-hydrogen) atoms. The molecule has 2 amide bonds. The number of rotatable bonds is 5. The maximum Gasteiger partial charge on any atom is 0.247 e. The Hall–Kier alpha value is -2.36. The Kier molecular flexibility index (Phi) is 6.60. The SMILES string of the molecule is CC1CCN(C(=O)C2Sc3ccc(S(=O)(=O)N(C)Cc4ccccc4)cc3NC2=O)CC1. The fourth-order valence-corrected chi connectivity index (χ4v) is 6.15. The first kappa shape index (κ1) is 22.8. The highest BCUT2D eigenvalue weighted by atomic mass is 32.2. The molecular weight excluding hydrogens is 446 g/mol. The molecule has 0 spiro atoms. The molecule has 170 valence electrons. The first-order valence-electron chi connectivity index (χ1n) is 10.7. The second-order valence-electron chi connectivity index (χ2n) is 8.40. The fourth-order valence-electron chi connectivity index (χ4n) is 3.91. The average Bonchev–Trinajstić information content (AvgIpc) is 2.79. The van der Waals surface area contributed by atoms with E-state index in [4.69, 9.17) is 0 Å². The third-order valence-electron chi connectivity index (χ3n) is 5.97. The molecule has 9 heteroatoms. The molecule has 1 N–H and O–H groups in total. The van der Waals surface area contributed by atoms with E-state index in [1.165, 1.54) is 35.2 Å². The minimum atomic E-state index is -3.74. The van der Waals surface area contributed by atoms with Gasteiger partial charge in [-0.2, -0.15) is 4.31 Å². The largest absolute Gasteiger partial charge is 0.341 e. The molecule has 1 atom stereocenters. The lowest BCUT2D eigenvalue weighted by atomic mass is 9.99. The van der Waals surface area contributed by atoms with Crippen molar-refractivity contribution in [1.82, 2.24) is 9.21 Å². The first-order valence-corrected chi connectivity index (χ1v) is 13.0. The number of nitrogens with one attached hydrogen (secondary N) is 1. The van der Waals surface area contributed by atoms with Gasteiger partial charge in [0.15, 0.2) is 5.25 Å². The van der Waals surface area contributed by atoms with Crippen LogP contribution in [0.5, 0.6) is 0 Å². The first-order chi connectivity index (χ1) is 15.3. The van der Waals surface area contributed by atoms with Gasteiger partial charge in [-0.1, -0.05) is 37.3 Å². The molecule has 0 aliphatic carbocycles. The molecule has 0 aromatic heterocycles. The zero-order chi connectivity index (χ0) is 22.9. The highest BCUT2D eigenvalue weighted by Crippen LogP contribution is 2.38. The Morgan fingerprint density at radius 1 is 1.16 bits per heavy atom. The summed E-state index contributed by atoms with van der Waals surface area (Å²) in [7, 11) is -2.21. The van der Waals surface area contributed by atoms with Gasteiger partial charge in [-0.3, -0.25) is 9.59 Å². The predicted octanol–water partition coefficient (Wildman–Crippen LogP) is 3.18. The highest BCUT2D eigenvalue weighted by Gasteiger charge is 2.37. The van der Waals surface area contributed by atoms with Gasteiger partial charge < -0.3 is 10.2 Å². The van der Waals surface area contributed by atoms with E-state index in [1.807, 2.05) is 30.3 Å². The third-order valence-corrected chi connectivity index (χ3v) is 9.03. The molecule has 2 heterocycles. The third kappa shape index (κ3) is 4.69. The highest BCUT2D eigenvalue weighted by molar-refractivity contribution is 8.01. The summed E-state index contributed by atoms with van der Waals surface area (Å²) in [6.07, 6.45) is 1.89. The van der Waals surface area contributed by atoms with Gasteiger partial charge in [0.05, 0.1) is 10.6 Å². The van der Waals surface area contributed by atoms with E-state index >= 15 is 0 Å². The number of benzene rings is 2. The summed E-state index contributed by atoms with van der Waals surface area (Å²) in [5, 5.41) is 1.90. The van der Waals surface area contributed by atoms with Crippen molar-refractivity contribution in [3.63, 3.8) is 0 Å². The predicted molar refractivity (Wildman–Crippen MR) is 125 cm³/mol. The molecule has 2 aromatic rings. The summed E-state index contributed by atoms with van der Waals surface area (Å²) < 4.78 is 27.4. The van der Waals surface area contributed by atoms with Crippen molar-refractivity contribution in [2.45, 2.75) is 41.4 Å². The lowest BCUT2D eigenvalue weighted by Crippen LogP contribution is -2.47. The van der Waals surface area contributed by atoms with E-state index in [0.29, 0.717) is 29.6 Å². The molecule has 2 aliphatic heterocycles. The fraction of sp³-hybridized carbons (Fsp3) is 0.391. The molecular formula is C23H27N3O4S2. The van der Waals surface area contributed by atoms with E-state index in [0.717, 1.165) is 18.4 Å². The van der Waals surface area contributed by atoms with Gasteiger partial charge in [0.25, 0.3) is 0 Å². The van der Waals surface area contributed by atoms with Crippen LogP contribution in [0.25, 0.3) is 0 Å². The number of carbonyl (C=O) groups excluding carboxylic acids is 2. The second-order valence-corrected chi connectivity index (χ2v) is 11.6. The topological polar surface area (TPSA) is 86.8 Å². The summed E-state index contributed by atoms with van der Waals surface area (Å²) in [6.45, 7) is 3.75. The maximum absolute atomic E-state index is 13.1. The minimum Gasteiger partial charge on any atom is -0.341 e. The number of hydrogen-bond donors (Lipinski definition) is 1. The zero-order valence-electron chi connectivity index (χ0n) is 18.2. The lowest BCUT2D eigenvalue weighted by Gasteiger charge is -2.33. The van der Waals surface area contributed by atoms with Crippen molar-refractivity contribution >= 4 is 39.3 Å². The van der Waals surface area contributed by atoms with Gasteiger partial charge >= 0.3 is 0 Å². The molecule has 2 aromatic carbocycles. The number of fused-ring (bicyclic) bond motifs is 1. The monoisotopic (exact) mass is 473 g/mol. The quantitative estimate of drug-likeness (QED) is 0.674. The molecule has 0 bridgehead atoms. The van der Waals surface area contributed by atoms with Crippen molar-refractivity contribution in [2.24, 2.45) is 5.92 Å². The molecule has 4 rings (SSSR count). The van der Waals surface area contributed by atoms with Crippen LogP contribution in [0, 0.1) is 5.92 Å². The van der Waals surface area contributed by atoms with Crippen LogP contribution < -0.4 is 5.32 Å². The van der Waals surface area contributed by atoms with E-state index < -0.39 is 21.2 Å². The van der Waals surface area contributed by atoms with E-state index in [9.17, 15) is 18.0 Å². The van der Waals surface area contributed by atoms with E-state index in [1.54, 1.807) is 11.0 Å². The number of carbonyl (C=O) groups is 2. The van der Waals surface area contributed by atoms with Crippen LogP contribution in [0.4, 0.5) is 5.69 Å². The van der Waals surface area contributed by atoms with Crippen LogP contribution in [-0.2, 0) is 26.2 Å². The zero-order valence-corrected chi connectivity index (χ0v) is 19.8. The van der Waals surface area contributed by atoms with E-state index in [-0.39, 0.29) is 17.3 Å². The summed E-state index contributed by atoms with van der Waals surface area (Å²) in [5.74, 6) is 0.00987. The summed E-state index contributed by atoms with van der Waals surface area (Å²) in [4.78, 5) is 28.2.